The van der Waals surface area contributed by atoms with E-state index in [4.69, 9.17) is 10.8 Å². The average Bonchev–Trinajstić information content (AvgIpc) is 2.15. The number of nitrogens with one attached hydrogen (secondary N) is 1. The normalized spacial score (nSPS) is 9.62. The minimum atomic E-state index is -0.471. The fraction of sp³-hybridized carbons (Fsp3) is 0.222. The van der Waals surface area contributed by atoms with Gasteiger partial charge < -0.3 is 16.2 Å². The van der Waals surface area contributed by atoms with Crippen molar-refractivity contribution in [1.82, 2.24) is 0 Å². The van der Waals surface area contributed by atoms with E-state index >= 15 is 0 Å². The molecule has 4 N–H and O–H groups in total. The maximum Gasteiger partial charge on any atom is 0.250 e. The second kappa shape index (κ2) is 4.47. The highest BCUT2D eigenvalue weighted by Crippen LogP contribution is 2.13. The lowest BCUT2D eigenvalue weighted by Crippen LogP contribution is -2.15. The van der Waals surface area contributed by atoms with Crippen molar-refractivity contribution < 1.29 is 9.90 Å². The molecule has 70 valence electrons. The van der Waals surface area contributed by atoms with Crippen molar-refractivity contribution in [2.75, 3.05) is 18.5 Å². The predicted molar refractivity (Wildman–Crippen MR) is 50.5 cm³/mol. The van der Waals surface area contributed by atoms with E-state index in [9.17, 15) is 4.79 Å². The van der Waals surface area contributed by atoms with E-state index in [2.05, 4.69) is 5.32 Å². The molecule has 0 radical (unpaired) electrons. The van der Waals surface area contributed by atoms with Gasteiger partial charge in [0, 0.05) is 12.2 Å². The zero-order chi connectivity index (χ0) is 9.68. The molecule has 0 heterocycles. The number of hydrogen-bond acceptors (Lipinski definition) is 3. The zero-order valence-corrected chi connectivity index (χ0v) is 7.16. The SMILES string of the molecule is NC(=O)c1ccccc1NCCO. The third kappa shape index (κ3) is 2.45. The number of hydrogen-bond donors (Lipinski definition) is 3. The standard InChI is InChI=1S/C9H12N2O2/c10-9(13)7-3-1-2-4-8(7)11-5-6-12/h1-4,11-12H,5-6H2,(H2,10,13). The molecule has 0 fully saturated rings. The third-order valence-electron chi connectivity index (χ3n) is 1.62. The van der Waals surface area contributed by atoms with Crippen molar-refractivity contribution in [3.05, 3.63) is 29.8 Å². The van der Waals surface area contributed by atoms with Gasteiger partial charge in [-0.25, -0.2) is 0 Å². The topological polar surface area (TPSA) is 75.4 Å². The molecular weight excluding hydrogens is 168 g/mol. The average molecular weight is 180 g/mol. The Morgan fingerprint density at radius 1 is 1.46 bits per heavy atom. The molecule has 0 aromatic heterocycles. The summed E-state index contributed by atoms with van der Waals surface area (Å²) >= 11 is 0. The largest absolute Gasteiger partial charge is 0.395 e. The molecule has 1 amide bonds. The van der Waals surface area contributed by atoms with E-state index < -0.39 is 5.91 Å². The van der Waals surface area contributed by atoms with Gasteiger partial charge in [-0.15, -0.1) is 0 Å². The molecule has 0 atom stereocenters. The molecule has 0 saturated heterocycles. The first kappa shape index (κ1) is 9.54. The van der Waals surface area contributed by atoms with Crippen LogP contribution in [0.25, 0.3) is 0 Å². The molecule has 1 rings (SSSR count). The van der Waals surface area contributed by atoms with Crippen LogP contribution in [0.5, 0.6) is 0 Å². The number of para-hydroxylation sites is 1. The Morgan fingerprint density at radius 2 is 2.15 bits per heavy atom. The van der Waals surface area contributed by atoms with Gasteiger partial charge in [-0.3, -0.25) is 4.79 Å². The molecule has 0 bridgehead atoms. The highest BCUT2D eigenvalue weighted by Gasteiger charge is 2.05. The van der Waals surface area contributed by atoms with Gasteiger partial charge in [0.15, 0.2) is 0 Å². The lowest BCUT2D eigenvalue weighted by molar-refractivity contribution is 0.100. The summed E-state index contributed by atoms with van der Waals surface area (Å²) in [7, 11) is 0. The highest BCUT2D eigenvalue weighted by atomic mass is 16.3. The van der Waals surface area contributed by atoms with Crippen molar-refractivity contribution in [2.24, 2.45) is 5.73 Å². The van der Waals surface area contributed by atoms with Crippen molar-refractivity contribution in [2.45, 2.75) is 0 Å². The monoisotopic (exact) mass is 180 g/mol. The van der Waals surface area contributed by atoms with Crippen LogP contribution in [0.2, 0.25) is 0 Å². The van der Waals surface area contributed by atoms with Crippen molar-refractivity contribution in [1.29, 1.82) is 0 Å². The van der Waals surface area contributed by atoms with Crippen LogP contribution in [0.3, 0.4) is 0 Å². The number of nitrogens with two attached hydrogens (primary N) is 1. The second-order valence-electron chi connectivity index (χ2n) is 2.56. The van der Waals surface area contributed by atoms with E-state index in [1.807, 2.05) is 0 Å². The second-order valence-corrected chi connectivity index (χ2v) is 2.56. The fourth-order valence-electron chi connectivity index (χ4n) is 1.04. The van der Waals surface area contributed by atoms with Gasteiger partial charge in [-0.2, -0.15) is 0 Å². The number of benzene rings is 1. The van der Waals surface area contributed by atoms with Gasteiger partial charge in [0.2, 0.25) is 0 Å². The van der Waals surface area contributed by atoms with Gasteiger partial charge in [0.05, 0.1) is 12.2 Å². The maximum absolute atomic E-state index is 10.9. The summed E-state index contributed by atoms with van der Waals surface area (Å²) in [5.74, 6) is -0.471. The first-order valence-electron chi connectivity index (χ1n) is 3.99. The van der Waals surface area contributed by atoms with E-state index in [-0.39, 0.29) is 6.61 Å². The number of amides is 1. The van der Waals surface area contributed by atoms with E-state index in [1.165, 1.54) is 0 Å². The lowest BCUT2D eigenvalue weighted by atomic mass is 10.1. The minimum absolute atomic E-state index is 0.0209. The molecule has 4 heteroatoms. The fourth-order valence-corrected chi connectivity index (χ4v) is 1.04. The number of rotatable bonds is 4. The van der Waals surface area contributed by atoms with Crippen LogP contribution >= 0.6 is 0 Å². The lowest BCUT2D eigenvalue weighted by Gasteiger charge is -2.07. The molecule has 0 unspecified atom stereocenters. The molecule has 0 saturated carbocycles. The predicted octanol–water partition coefficient (Wildman–Crippen LogP) is 0.190. The smallest absolute Gasteiger partial charge is 0.250 e. The Labute approximate surface area is 76.4 Å². The van der Waals surface area contributed by atoms with Gasteiger partial charge in [0.1, 0.15) is 0 Å². The number of primary amides is 1. The Balaban J connectivity index is 2.84. The van der Waals surface area contributed by atoms with Gasteiger partial charge in [-0.1, -0.05) is 12.1 Å². The molecular formula is C9H12N2O2. The first-order chi connectivity index (χ1) is 6.25. The van der Waals surface area contributed by atoms with Crippen molar-refractivity contribution >= 4 is 11.6 Å². The Morgan fingerprint density at radius 3 is 2.77 bits per heavy atom. The summed E-state index contributed by atoms with van der Waals surface area (Å²) in [5.41, 5.74) is 6.24. The van der Waals surface area contributed by atoms with Gasteiger partial charge >= 0.3 is 0 Å². The van der Waals surface area contributed by atoms with E-state index in [1.54, 1.807) is 24.3 Å². The Hall–Kier alpha value is -1.55. The molecule has 0 aliphatic rings. The summed E-state index contributed by atoms with van der Waals surface area (Å²) < 4.78 is 0. The molecule has 1 aromatic carbocycles. The summed E-state index contributed by atoms with van der Waals surface area (Å²) in [5, 5.41) is 11.5. The summed E-state index contributed by atoms with van der Waals surface area (Å²) in [6.07, 6.45) is 0. The third-order valence-corrected chi connectivity index (χ3v) is 1.62. The van der Waals surface area contributed by atoms with Crippen LogP contribution in [0.4, 0.5) is 5.69 Å². The van der Waals surface area contributed by atoms with Crippen LogP contribution in [0, 0.1) is 0 Å². The van der Waals surface area contributed by atoms with E-state index in [0.29, 0.717) is 17.8 Å². The molecule has 1 aromatic rings. The van der Waals surface area contributed by atoms with Gasteiger partial charge in [0.25, 0.3) is 5.91 Å². The molecule has 0 spiro atoms. The quantitative estimate of drug-likeness (QED) is 0.619. The Kier molecular flexibility index (Phi) is 3.28. The summed E-state index contributed by atoms with van der Waals surface area (Å²) in [6.45, 7) is 0.428. The maximum atomic E-state index is 10.9. The summed E-state index contributed by atoms with van der Waals surface area (Å²) in [4.78, 5) is 10.9. The molecule has 13 heavy (non-hydrogen) atoms. The molecule has 0 aliphatic carbocycles. The molecule has 0 aliphatic heterocycles. The van der Waals surface area contributed by atoms with Crippen molar-refractivity contribution in [3.63, 3.8) is 0 Å². The van der Waals surface area contributed by atoms with E-state index in [0.717, 1.165) is 0 Å². The first-order valence-corrected chi connectivity index (χ1v) is 3.99. The number of carbonyl (C=O) groups excluding carboxylic acids is 1. The van der Waals surface area contributed by atoms with Crippen LogP contribution in [-0.2, 0) is 0 Å². The number of carbonyl (C=O) groups is 1. The zero-order valence-electron chi connectivity index (χ0n) is 7.16. The number of anilines is 1. The Bertz CT molecular complexity index is 299. The summed E-state index contributed by atoms with van der Waals surface area (Å²) in [6, 6.07) is 6.92. The van der Waals surface area contributed by atoms with Gasteiger partial charge in [-0.05, 0) is 12.1 Å². The van der Waals surface area contributed by atoms with Crippen LogP contribution in [0.15, 0.2) is 24.3 Å². The number of aliphatic hydroxyl groups excluding tert-OH is 1. The van der Waals surface area contributed by atoms with Crippen LogP contribution in [-0.4, -0.2) is 24.2 Å². The van der Waals surface area contributed by atoms with Crippen LogP contribution in [0.1, 0.15) is 10.4 Å². The molecule has 4 nitrogen and oxygen atoms in total. The van der Waals surface area contributed by atoms with Crippen molar-refractivity contribution in [3.8, 4) is 0 Å². The minimum Gasteiger partial charge on any atom is -0.395 e. The highest BCUT2D eigenvalue weighted by molar-refractivity contribution is 5.98. The number of aliphatic hydroxyl groups is 1. The van der Waals surface area contributed by atoms with Crippen LogP contribution < -0.4 is 11.1 Å².